The van der Waals surface area contributed by atoms with E-state index in [0.29, 0.717) is 12.1 Å². The van der Waals surface area contributed by atoms with Crippen LogP contribution in [0.3, 0.4) is 0 Å². The normalized spacial score (nSPS) is 10.3. The molecule has 4 nitrogen and oxygen atoms in total. The Bertz CT molecular complexity index is 590. The lowest BCUT2D eigenvalue weighted by Gasteiger charge is -2.08. The second kappa shape index (κ2) is 5.49. The molecule has 0 aliphatic heterocycles. The lowest BCUT2D eigenvalue weighted by molar-refractivity contribution is 1.01. The summed E-state index contributed by atoms with van der Waals surface area (Å²) in [4.78, 5) is 18.6. The zero-order chi connectivity index (χ0) is 13.0. The van der Waals surface area contributed by atoms with Gasteiger partial charge in [0, 0.05) is 24.0 Å². The molecule has 0 atom stereocenters. The number of aromatic amines is 1. The number of hydrogen-bond acceptors (Lipinski definition) is 3. The molecule has 2 heterocycles. The van der Waals surface area contributed by atoms with Gasteiger partial charge in [0.1, 0.15) is 5.82 Å². The Morgan fingerprint density at radius 2 is 2.11 bits per heavy atom. The molecule has 2 N–H and O–H groups in total. The van der Waals surface area contributed by atoms with E-state index in [2.05, 4.69) is 28.3 Å². The Kier molecular flexibility index (Phi) is 3.77. The highest BCUT2D eigenvalue weighted by Gasteiger charge is 2.01. The van der Waals surface area contributed by atoms with Gasteiger partial charge in [-0.2, -0.15) is 0 Å². The van der Waals surface area contributed by atoms with E-state index in [1.54, 1.807) is 12.3 Å². The van der Waals surface area contributed by atoms with E-state index in [1.807, 2.05) is 19.1 Å². The smallest absolute Gasteiger partial charge is 0.252 e. The molecule has 18 heavy (non-hydrogen) atoms. The van der Waals surface area contributed by atoms with E-state index in [0.717, 1.165) is 17.9 Å². The molecule has 0 aliphatic rings. The highest BCUT2D eigenvalue weighted by Crippen LogP contribution is 2.11. The highest BCUT2D eigenvalue weighted by molar-refractivity contribution is 5.39. The van der Waals surface area contributed by atoms with Gasteiger partial charge in [0.15, 0.2) is 0 Å². The first-order valence-corrected chi connectivity index (χ1v) is 6.07. The summed E-state index contributed by atoms with van der Waals surface area (Å²) >= 11 is 0. The van der Waals surface area contributed by atoms with Gasteiger partial charge in [0.2, 0.25) is 0 Å². The Labute approximate surface area is 106 Å². The van der Waals surface area contributed by atoms with Gasteiger partial charge in [0.25, 0.3) is 5.56 Å². The number of hydrogen-bond donors (Lipinski definition) is 2. The lowest BCUT2D eigenvalue weighted by Crippen LogP contribution is -2.15. The van der Waals surface area contributed by atoms with Crippen molar-refractivity contribution < 1.29 is 0 Å². The van der Waals surface area contributed by atoms with Crippen molar-refractivity contribution in [3.8, 4) is 0 Å². The number of nitrogens with one attached hydrogen (secondary N) is 2. The second-order valence-corrected chi connectivity index (χ2v) is 4.17. The number of pyridine rings is 2. The van der Waals surface area contributed by atoms with Gasteiger partial charge >= 0.3 is 0 Å². The zero-order valence-electron chi connectivity index (χ0n) is 10.7. The zero-order valence-corrected chi connectivity index (χ0v) is 10.7. The Hall–Kier alpha value is -2.10. The van der Waals surface area contributed by atoms with Gasteiger partial charge in [-0.15, -0.1) is 0 Å². The summed E-state index contributed by atoms with van der Waals surface area (Å²) in [7, 11) is 0. The summed E-state index contributed by atoms with van der Waals surface area (Å²) in [5.74, 6) is 0.799. The fourth-order valence-corrected chi connectivity index (χ4v) is 1.84. The van der Waals surface area contributed by atoms with Crippen molar-refractivity contribution in [2.45, 2.75) is 26.8 Å². The van der Waals surface area contributed by atoms with Gasteiger partial charge in [-0.1, -0.05) is 19.1 Å². The lowest BCUT2D eigenvalue weighted by atomic mass is 10.1. The van der Waals surface area contributed by atoms with Crippen molar-refractivity contribution in [3.05, 3.63) is 57.6 Å². The van der Waals surface area contributed by atoms with Gasteiger partial charge in [-0.3, -0.25) is 4.79 Å². The monoisotopic (exact) mass is 243 g/mol. The van der Waals surface area contributed by atoms with Crippen LogP contribution in [0.2, 0.25) is 0 Å². The van der Waals surface area contributed by atoms with Gasteiger partial charge in [0.05, 0.1) is 0 Å². The van der Waals surface area contributed by atoms with Gasteiger partial charge in [-0.05, 0) is 31.0 Å². The molecule has 94 valence electrons. The van der Waals surface area contributed by atoms with E-state index >= 15 is 0 Å². The molecule has 0 unspecified atom stereocenters. The summed E-state index contributed by atoms with van der Waals surface area (Å²) < 4.78 is 0. The van der Waals surface area contributed by atoms with Crippen LogP contribution in [0.25, 0.3) is 0 Å². The third-order valence-electron chi connectivity index (χ3n) is 2.94. The third-order valence-corrected chi connectivity index (χ3v) is 2.94. The summed E-state index contributed by atoms with van der Waals surface area (Å²) in [5, 5.41) is 3.16. The van der Waals surface area contributed by atoms with Crippen LogP contribution in [-0.4, -0.2) is 9.97 Å². The summed E-state index contributed by atoms with van der Waals surface area (Å²) in [6, 6.07) is 7.64. The fourth-order valence-electron chi connectivity index (χ4n) is 1.84. The van der Waals surface area contributed by atoms with Crippen molar-refractivity contribution in [2.24, 2.45) is 0 Å². The second-order valence-electron chi connectivity index (χ2n) is 4.17. The van der Waals surface area contributed by atoms with Gasteiger partial charge < -0.3 is 10.3 Å². The molecular weight excluding hydrogens is 226 g/mol. The molecule has 0 bridgehead atoms. The van der Waals surface area contributed by atoms with E-state index in [1.165, 1.54) is 5.56 Å². The van der Waals surface area contributed by atoms with Crippen LogP contribution >= 0.6 is 0 Å². The molecule has 0 radical (unpaired) electrons. The predicted molar refractivity (Wildman–Crippen MR) is 72.7 cm³/mol. The van der Waals surface area contributed by atoms with E-state index in [4.69, 9.17) is 0 Å². The number of anilines is 1. The van der Waals surface area contributed by atoms with Gasteiger partial charge in [-0.25, -0.2) is 4.98 Å². The minimum atomic E-state index is -0.0631. The van der Waals surface area contributed by atoms with E-state index in [9.17, 15) is 4.79 Å². The minimum absolute atomic E-state index is 0.0631. The molecule has 0 saturated heterocycles. The quantitative estimate of drug-likeness (QED) is 0.866. The summed E-state index contributed by atoms with van der Waals surface area (Å²) in [6.07, 6.45) is 2.61. The van der Waals surface area contributed by atoms with Crippen molar-refractivity contribution in [1.82, 2.24) is 9.97 Å². The minimum Gasteiger partial charge on any atom is -0.366 e. The van der Waals surface area contributed by atoms with Crippen LogP contribution in [-0.2, 0) is 13.0 Å². The molecule has 0 saturated carbocycles. The SMILES string of the molecule is CCc1ccc(NCc2ccc[nH]c2=O)nc1C. The van der Waals surface area contributed by atoms with Crippen LogP contribution in [0.15, 0.2) is 35.3 Å². The molecule has 2 aromatic rings. The average molecular weight is 243 g/mol. The summed E-state index contributed by atoms with van der Waals surface area (Å²) in [5.41, 5.74) is 2.92. The summed E-state index contributed by atoms with van der Waals surface area (Å²) in [6.45, 7) is 4.59. The first-order chi connectivity index (χ1) is 8.70. The van der Waals surface area contributed by atoms with Crippen molar-refractivity contribution in [3.63, 3.8) is 0 Å². The molecule has 2 rings (SSSR count). The predicted octanol–water partition coefficient (Wildman–Crippen LogP) is 2.25. The molecular formula is C14H17N3O. The molecule has 0 amide bonds. The Morgan fingerprint density at radius 3 is 2.78 bits per heavy atom. The fraction of sp³-hybridized carbons (Fsp3) is 0.286. The maximum Gasteiger partial charge on any atom is 0.252 e. The standard InChI is InChI=1S/C14H17N3O/c1-3-11-6-7-13(17-10(11)2)16-9-12-5-4-8-15-14(12)18/h4-8H,3,9H2,1-2H3,(H,15,18)(H,16,17). The third kappa shape index (κ3) is 2.77. The highest BCUT2D eigenvalue weighted by atomic mass is 16.1. The van der Waals surface area contributed by atoms with Crippen LogP contribution in [0.1, 0.15) is 23.7 Å². The molecule has 0 spiro atoms. The van der Waals surface area contributed by atoms with Crippen LogP contribution in [0, 0.1) is 6.92 Å². The van der Waals surface area contributed by atoms with Crippen molar-refractivity contribution in [1.29, 1.82) is 0 Å². The maximum atomic E-state index is 11.5. The van der Waals surface area contributed by atoms with Crippen LogP contribution < -0.4 is 10.9 Å². The molecule has 0 aromatic carbocycles. The van der Waals surface area contributed by atoms with E-state index < -0.39 is 0 Å². The van der Waals surface area contributed by atoms with Crippen LogP contribution in [0.5, 0.6) is 0 Å². The van der Waals surface area contributed by atoms with E-state index in [-0.39, 0.29) is 5.56 Å². The number of aromatic nitrogens is 2. The van der Waals surface area contributed by atoms with Crippen molar-refractivity contribution in [2.75, 3.05) is 5.32 Å². The van der Waals surface area contributed by atoms with Crippen molar-refractivity contribution >= 4 is 5.82 Å². The number of aryl methyl sites for hydroxylation is 2. The number of nitrogens with zero attached hydrogens (tertiary/aromatic N) is 1. The topological polar surface area (TPSA) is 57.8 Å². The number of H-pyrrole nitrogens is 1. The molecule has 4 heteroatoms. The Morgan fingerprint density at radius 1 is 1.28 bits per heavy atom. The number of rotatable bonds is 4. The largest absolute Gasteiger partial charge is 0.366 e. The molecule has 2 aromatic heterocycles. The van der Waals surface area contributed by atoms with Crippen LogP contribution in [0.4, 0.5) is 5.82 Å². The molecule has 0 fully saturated rings. The first-order valence-electron chi connectivity index (χ1n) is 6.07. The maximum absolute atomic E-state index is 11.5. The molecule has 0 aliphatic carbocycles. The first kappa shape index (κ1) is 12.4. The average Bonchev–Trinajstić information content (AvgIpc) is 2.38. The Balaban J connectivity index is 2.09.